The zero-order chi connectivity index (χ0) is 14.3. The van der Waals surface area contributed by atoms with Crippen LogP contribution in [-0.4, -0.2) is 4.57 Å². The monoisotopic (exact) mass is 291 g/mol. The predicted molar refractivity (Wildman–Crippen MR) is 77.2 cm³/mol. The minimum Gasteiger partial charge on any atom is -0.464 e. The molecule has 0 saturated carbocycles. The second kappa shape index (κ2) is 4.87. The standard InChI is InChI=1S/C15H14ClNO3/c1-3-10-5-7-12(19-10)14(16)9-4-6-11-13(8-9)20-15(18)17(11)2/h4-8,14H,3H2,1-2H3. The van der Waals surface area contributed by atoms with E-state index in [1.165, 1.54) is 4.57 Å². The van der Waals surface area contributed by atoms with Crippen molar-refractivity contribution in [2.75, 3.05) is 0 Å². The van der Waals surface area contributed by atoms with Crippen LogP contribution in [0.3, 0.4) is 0 Å². The highest BCUT2D eigenvalue weighted by atomic mass is 35.5. The van der Waals surface area contributed by atoms with E-state index in [4.69, 9.17) is 20.4 Å². The topological polar surface area (TPSA) is 48.3 Å². The summed E-state index contributed by atoms with van der Waals surface area (Å²) in [5.74, 6) is 1.22. The molecule has 2 aromatic heterocycles. The second-order valence-corrected chi connectivity index (χ2v) is 5.11. The van der Waals surface area contributed by atoms with Crippen LogP contribution in [0.2, 0.25) is 0 Å². The number of nitrogens with zero attached hydrogens (tertiary/aromatic N) is 1. The largest absolute Gasteiger partial charge is 0.464 e. The fourth-order valence-corrected chi connectivity index (χ4v) is 2.45. The number of benzene rings is 1. The van der Waals surface area contributed by atoms with Crippen LogP contribution in [0, 0.1) is 0 Å². The summed E-state index contributed by atoms with van der Waals surface area (Å²) < 4.78 is 12.3. The Morgan fingerprint density at radius 1 is 1.25 bits per heavy atom. The van der Waals surface area contributed by atoms with Crippen LogP contribution in [0.25, 0.3) is 11.1 Å². The molecule has 1 aromatic carbocycles. The van der Waals surface area contributed by atoms with E-state index in [-0.39, 0.29) is 5.76 Å². The third-order valence-corrected chi connectivity index (χ3v) is 3.86. The summed E-state index contributed by atoms with van der Waals surface area (Å²) in [4.78, 5) is 11.5. The van der Waals surface area contributed by atoms with Crippen molar-refractivity contribution in [3.05, 3.63) is 58.0 Å². The van der Waals surface area contributed by atoms with Crippen molar-refractivity contribution in [1.82, 2.24) is 4.57 Å². The Balaban J connectivity index is 2.03. The second-order valence-electron chi connectivity index (χ2n) is 4.67. The highest BCUT2D eigenvalue weighted by molar-refractivity contribution is 6.22. The lowest BCUT2D eigenvalue weighted by Gasteiger charge is -2.06. The van der Waals surface area contributed by atoms with Crippen LogP contribution < -0.4 is 5.76 Å². The summed E-state index contributed by atoms with van der Waals surface area (Å²) in [6, 6.07) is 9.29. The molecule has 0 amide bonds. The molecule has 0 N–H and O–H groups in total. The van der Waals surface area contributed by atoms with E-state index in [0.29, 0.717) is 11.3 Å². The lowest BCUT2D eigenvalue weighted by Crippen LogP contribution is -2.08. The van der Waals surface area contributed by atoms with Crippen molar-refractivity contribution in [1.29, 1.82) is 0 Å². The summed E-state index contributed by atoms with van der Waals surface area (Å²) in [6.07, 6.45) is 0.830. The smallest absolute Gasteiger partial charge is 0.419 e. The van der Waals surface area contributed by atoms with Gasteiger partial charge < -0.3 is 8.83 Å². The SMILES string of the molecule is CCc1ccc(C(Cl)c2ccc3c(c2)oc(=O)n3C)o1. The van der Waals surface area contributed by atoms with Gasteiger partial charge in [-0.15, -0.1) is 11.6 Å². The summed E-state index contributed by atoms with van der Waals surface area (Å²) in [5.41, 5.74) is 2.12. The normalized spacial score (nSPS) is 12.9. The number of rotatable bonds is 3. The number of aromatic nitrogens is 1. The van der Waals surface area contributed by atoms with Crippen molar-refractivity contribution in [2.45, 2.75) is 18.7 Å². The summed E-state index contributed by atoms with van der Waals surface area (Å²) in [6.45, 7) is 2.02. The van der Waals surface area contributed by atoms with E-state index >= 15 is 0 Å². The number of oxazole rings is 1. The van der Waals surface area contributed by atoms with Crippen molar-refractivity contribution in [2.24, 2.45) is 7.05 Å². The molecule has 4 nitrogen and oxygen atoms in total. The van der Waals surface area contributed by atoms with Crippen LogP contribution in [0.5, 0.6) is 0 Å². The van der Waals surface area contributed by atoms with Crippen LogP contribution >= 0.6 is 11.6 Å². The van der Waals surface area contributed by atoms with Gasteiger partial charge in [0, 0.05) is 13.5 Å². The first-order chi connectivity index (χ1) is 9.60. The molecule has 20 heavy (non-hydrogen) atoms. The van der Waals surface area contributed by atoms with Gasteiger partial charge in [-0.3, -0.25) is 4.57 Å². The van der Waals surface area contributed by atoms with Crippen molar-refractivity contribution < 1.29 is 8.83 Å². The number of fused-ring (bicyclic) bond motifs is 1. The molecule has 2 heterocycles. The van der Waals surface area contributed by atoms with E-state index in [2.05, 4.69) is 0 Å². The fraction of sp³-hybridized carbons (Fsp3) is 0.267. The van der Waals surface area contributed by atoms with Crippen LogP contribution in [0.4, 0.5) is 0 Å². The molecule has 0 spiro atoms. The van der Waals surface area contributed by atoms with E-state index < -0.39 is 5.38 Å². The van der Waals surface area contributed by atoms with Gasteiger partial charge in [0.2, 0.25) is 0 Å². The molecule has 0 aliphatic rings. The maximum Gasteiger partial charge on any atom is 0.419 e. The van der Waals surface area contributed by atoms with Crippen LogP contribution in [-0.2, 0) is 13.5 Å². The molecule has 3 rings (SSSR count). The Bertz CT molecular complexity index is 812. The average molecular weight is 292 g/mol. The first-order valence-electron chi connectivity index (χ1n) is 6.42. The lowest BCUT2D eigenvalue weighted by atomic mass is 10.1. The minimum absolute atomic E-state index is 0.380. The Labute approximate surface area is 120 Å². The van der Waals surface area contributed by atoms with Gasteiger partial charge in [0.15, 0.2) is 5.58 Å². The molecule has 0 aliphatic carbocycles. The van der Waals surface area contributed by atoms with Gasteiger partial charge in [-0.1, -0.05) is 13.0 Å². The number of halogens is 1. The van der Waals surface area contributed by atoms with Crippen LogP contribution in [0.15, 0.2) is 44.0 Å². The van der Waals surface area contributed by atoms with Gasteiger partial charge in [0.1, 0.15) is 16.9 Å². The summed E-state index contributed by atoms with van der Waals surface area (Å²) >= 11 is 6.43. The highest BCUT2D eigenvalue weighted by Gasteiger charge is 2.17. The van der Waals surface area contributed by atoms with Crippen LogP contribution in [0.1, 0.15) is 29.4 Å². The molecule has 0 bridgehead atoms. The molecule has 1 unspecified atom stereocenters. The van der Waals surface area contributed by atoms with E-state index in [0.717, 1.165) is 23.3 Å². The molecule has 0 aliphatic heterocycles. The Kier molecular flexibility index (Phi) is 3.18. The first-order valence-corrected chi connectivity index (χ1v) is 6.86. The Morgan fingerprint density at radius 2 is 2.05 bits per heavy atom. The molecular formula is C15H14ClNO3. The highest BCUT2D eigenvalue weighted by Crippen LogP contribution is 2.31. The van der Waals surface area contributed by atoms with Gasteiger partial charge in [0.25, 0.3) is 0 Å². The molecule has 0 fully saturated rings. The minimum atomic E-state index is -0.398. The zero-order valence-corrected chi connectivity index (χ0v) is 12.0. The number of aryl methyl sites for hydroxylation is 2. The summed E-state index contributed by atoms with van der Waals surface area (Å²) in [7, 11) is 1.67. The fourth-order valence-electron chi connectivity index (χ4n) is 2.19. The zero-order valence-electron chi connectivity index (χ0n) is 11.2. The van der Waals surface area contributed by atoms with E-state index in [9.17, 15) is 4.79 Å². The number of hydrogen-bond donors (Lipinski definition) is 0. The number of furan rings is 1. The van der Waals surface area contributed by atoms with Gasteiger partial charge in [-0.05, 0) is 29.8 Å². The summed E-state index contributed by atoms with van der Waals surface area (Å²) in [5, 5.41) is -0.398. The van der Waals surface area contributed by atoms with Crippen molar-refractivity contribution >= 4 is 22.7 Å². The third-order valence-electron chi connectivity index (χ3n) is 3.39. The van der Waals surface area contributed by atoms with Gasteiger partial charge in [-0.2, -0.15) is 0 Å². The van der Waals surface area contributed by atoms with E-state index in [1.807, 2.05) is 31.2 Å². The van der Waals surface area contributed by atoms with E-state index in [1.54, 1.807) is 13.1 Å². The molecule has 1 atom stereocenters. The van der Waals surface area contributed by atoms with Gasteiger partial charge >= 0.3 is 5.76 Å². The molecule has 0 radical (unpaired) electrons. The average Bonchev–Trinajstić information content (AvgIpc) is 3.04. The number of alkyl halides is 1. The van der Waals surface area contributed by atoms with Gasteiger partial charge in [0.05, 0.1) is 5.52 Å². The maximum absolute atomic E-state index is 11.5. The maximum atomic E-state index is 11.5. The van der Waals surface area contributed by atoms with Gasteiger partial charge in [-0.25, -0.2) is 4.79 Å². The molecule has 0 saturated heterocycles. The third kappa shape index (κ3) is 2.06. The molecule has 3 aromatic rings. The quantitative estimate of drug-likeness (QED) is 0.693. The molecule has 104 valence electrons. The lowest BCUT2D eigenvalue weighted by molar-refractivity contribution is 0.474. The number of hydrogen-bond acceptors (Lipinski definition) is 3. The Hall–Kier alpha value is -1.94. The molecular weight excluding hydrogens is 278 g/mol. The predicted octanol–water partition coefficient (Wildman–Crippen LogP) is 3.62. The first kappa shape index (κ1) is 13.1. The molecule has 5 heteroatoms. The van der Waals surface area contributed by atoms with Crippen molar-refractivity contribution in [3.8, 4) is 0 Å². The Morgan fingerprint density at radius 3 is 2.75 bits per heavy atom. The van der Waals surface area contributed by atoms with Crippen molar-refractivity contribution in [3.63, 3.8) is 0 Å².